The zero-order chi connectivity index (χ0) is 12.7. The molecule has 94 valence electrons. The number of hydrogen-bond donors (Lipinski definition) is 2. The van der Waals surface area contributed by atoms with Crippen LogP contribution in [-0.2, 0) is 16.0 Å². The zero-order valence-electron chi connectivity index (χ0n) is 9.68. The molecule has 6 heteroatoms. The zero-order valence-corrected chi connectivity index (χ0v) is 10.5. The number of aryl methyl sites for hydroxylation is 1. The summed E-state index contributed by atoms with van der Waals surface area (Å²) in [7, 11) is 0. The average molecular weight is 256 g/mol. The summed E-state index contributed by atoms with van der Waals surface area (Å²) < 4.78 is 0. The highest BCUT2D eigenvalue weighted by molar-refractivity contribution is 7.07. The summed E-state index contributed by atoms with van der Waals surface area (Å²) in [5, 5.41) is 13.2. The van der Waals surface area contributed by atoms with Crippen molar-refractivity contribution in [2.75, 3.05) is 0 Å². The van der Waals surface area contributed by atoms with Crippen LogP contribution in [0.5, 0.6) is 0 Å². The topological polar surface area (TPSA) is 79.3 Å². The number of amides is 1. The highest BCUT2D eigenvalue weighted by atomic mass is 32.1. The van der Waals surface area contributed by atoms with Gasteiger partial charge >= 0.3 is 5.97 Å². The second-order valence-corrected chi connectivity index (χ2v) is 4.60. The molecule has 1 aromatic rings. The quantitative estimate of drug-likeness (QED) is 0.773. The molecule has 0 bridgehead atoms. The first-order chi connectivity index (χ1) is 8.08. The maximum Gasteiger partial charge on any atom is 0.303 e. The summed E-state index contributed by atoms with van der Waals surface area (Å²) in [4.78, 5) is 25.9. The van der Waals surface area contributed by atoms with Crippen LogP contribution in [-0.4, -0.2) is 28.0 Å². The molecule has 0 spiro atoms. The first-order valence-electron chi connectivity index (χ1n) is 5.46. The second-order valence-electron chi connectivity index (χ2n) is 3.88. The third-order valence-corrected chi connectivity index (χ3v) is 2.93. The lowest BCUT2D eigenvalue weighted by Crippen LogP contribution is -2.33. The highest BCUT2D eigenvalue weighted by Gasteiger charge is 2.09. The Labute approximate surface area is 104 Å². The van der Waals surface area contributed by atoms with Gasteiger partial charge in [-0.05, 0) is 19.8 Å². The Morgan fingerprint density at radius 2 is 2.29 bits per heavy atom. The minimum Gasteiger partial charge on any atom is -0.481 e. The Morgan fingerprint density at radius 1 is 1.53 bits per heavy atom. The fourth-order valence-electron chi connectivity index (χ4n) is 1.36. The molecule has 0 aliphatic rings. The van der Waals surface area contributed by atoms with Gasteiger partial charge in [-0.15, -0.1) is 11.3 Å². The SMILES string of the molecule is CC(CCC(=O)O)NC(=O)CCc1cscn1. The number of nitrogens with one attached hydrogen (secondary N) is 1. The highest BCUT2D eigenvalue weighted by Crippen LogP contribution is 2.04. The molecule has 0 aromatic carbocycles. The van der Waals surface area contributed by atoms with E-state index in [1.807, 2.05) is 12.3 Å². The van der Waals surface area contributed by atoms with E-state index in [-0.39, 0.29) is 18.4 Å². The molecule has 0 aliphatic carbocycles. The maximum absolute atomic E-state index is 11.5. The average Bonchev–Trinajstić information content (AvgIpc) is 2.76. The van der Waals surface area contributed by atoms with E-state index in [9.17, 15) is 9.59 Å². The number of carbonyl (C=O) groups is 2. The van der Waals surface area contributed by atoms with E-state index < -0.39 is 5.97 Å². The third-order valence-electron chi connectivity index (χ3n) is 2.29. The fraction of sp³-hybridized carbons (Fsp3) is 0.545. The van der Waals surface area contributed by atoms with Crippen LogP contribution in [0.1, 0.15) is 31.9 Å². The molecule has 1 unspecified atom stereocenters. The van der Waals surface area contributed by atoms with Gasteiger partial charge in [0.15, 0.2) is 0 Å². The van der Waals surface area contributed by atoms with Crippen LogP contribution in [0.15, 0.2) is 10.9 Å². The monoisotopic (exact) mass is 256 g/mol. The van der Waals surface area contributed by atoms with Crippen LogP contribution in [0, 0.1) is 0 Å². The molecule has 0 saturated carbocycles. The molecular weight excluding hydrogens is 240 g/mol. The molecule has 2 N–H and O–H groups in total. The van der Waals surface area contributed by atoms with E-state index in [1.165, 1.54) is 11.3 Å². The van der Waals surface area contributed by atoms with Crippen LogP contribution >= 0.6 is 11.3 Å². The Kier molecular flexibility index (Phi) is 5.62. The Balaban J connectivity index is 2.18. The van der Waals surface area contributed by atoms with E-state index in [4.69, 9.17) is 5.11 Å². The van der Waals surface area contributed by atoms with Crippen molar-refractivity contribution in [2.45, 2.75) is 38.6 Å². The van der Waals surface area contributed by atoms with Crippen LogP contribution in [0.25, 0.3) is 0 Å². The number of rotatable bonds is 7. The van der Waals surface area contributed by atoms with Crippen molar-refractivity contribution in [1.82, 2.24) is 10.3 Å². The van der Waals surface area contributed by atoms with Crippen LogP contribution in [0.2, 0.25) is 0 Å². The Bertz CT molecular complexity index is 365. The van der Waals surface area contributed by atoms with E-state index in [0.29, 0.717) is 19.3 Å². The number of hydrogen-bond acceptors (Lipinski definition) is 4. The van der Waals surface area contributed by atoms with E-state index >= 15 is 0 Å². The van der Waals surface area contributed by atoms with Gasteiger partial charge in [0.1, 0.15) is 0 Å². The minimum absolute atomic E-state index is 0.0594. The lowest BCUT2D eigenvalue weighted by Gasteiger charge is -2.12. The van der Waals surface area contributed by atoms with Gasteiger partial charge in [0.05, 0.1) is 11.2 Å². The van der Waals surface area contributed by atoms with Crippen molar-refractivity contribution in [1.29, 1.82) is 0 Å². The van der Waals surface area contributed by atoms with E-state index in [1.54, 1.807) is 5.51 Å². The van der Waals surface area contributed by atoms with Crippen molar-refractivity contribution in [2.24, 2.45) is 0 Å². The van der Waals surface area contributed by atoms with Gasteiger partial charge in [-0.2, -0.15) is 0 Å². The molecule has 17 heavy (non-hydrogen) atoms. The van der Waals surface area contributed by atoms with Crippen molar-refractivity contribution in [3.8, 4) is 0 Å². The largest absolute Gasteiger partial charge is 0.481 e. The summed E-state index contributed by atoms with van der Waals surface area (Å²) >= 11 is 1.51. The number of thiazole rings is 1. The fourth-order valence-corrected chi connectivity index (χ4v) is 1.95. The molecule has 1 heterocycles. The maximum atomic E-state index is 11.5. The smallest absolute Gasteiger partial charge is 0.303 e. The van der Waals surface area contributed by atoms with E-state index in [2.05, 4.69) is 10.3 Å². The van der Waals surface area contributed by atoms with Crippen LogP contribution in [0.4, 0.5) is 0 Å². The van der Waals surface area contributed by atoms with Crippen molar-refractivity contribution in [3.05, 3.63) is 16.6 Å². The number of carboxylic acids is 1. The number of aromatic nitrogens is 1. The molecule has 1 atom stereocenters. The number of nitrogens with zero attached hydrogens (tertiary/aromatic N) is 1. The van der Waals surface area contributed by atoms with Gasteiger partial charge < -0.3 is 10.4 Å². The van der Waals surface area contributed by atoms with Crippen LogP contribution < -0.4 is 5.32 Å². The summed E-state index contributed by atoms with van der Waals surface area (Å²) in [5.74, 6) is -0.899. The van der Waals surface area contributed by atoms with Gasteiger partial charge in [-0.1, -0.05) is 0 Å². The van der Waals surface area contributed by atoms with E-state index in [0.717, 1.165) is 5.69 Å². The molecule has 1 rings (SSSR count). The summed E-state index contributed by atoms with van der Waals surface area (Å²) in [6.07, 6.45) is 1.55. The number of carbonyl (C=O) groups excluding carboxylic acids is 1. The van der Waals surface area contributed by atoms with Gasteiger partial charge in [-0.3, -0.25) is 9.59 Å². The molecule has 1 aromatic heterocycles. The molecular formula is C11H16N2O3S. The lowest BCUT2D eigenvalue weighted by atomic mass is 10.1. The molecule has 0 fully saturated rings. The van der Waals surface area contributed by atoms with Crippen molar-refractivity contribution >= 4 is 23.2 Å². The standard InChI is InChI=1S/C11H16N2O3S/c1-8(2-5-11(15)16)13-10(14)4-3-9-6-17-7-12-9/h6-8H,2-5H2,1H3,(H,13,14)(H,15,16). The van der Waals surface area contributed by atoms with Gasteiger partial charge in [-0.25, -0.2) is 4.98 Å². The lowest BCUT2D eigenvalue weighted by molar-refractivity contribution is -0.137. The normalized spacial score (nSPS) is 12.1. The molecule has 0 radical (unpaired) electrons. The Morgan fingerprint density at radius 3 is 2.88 bits per heavy atom. The molecule has 1 amide bonds. The van der Waals surface area contributed by atoms with Crippen LogP contribution in [0.3, 0.4) is 0 Å². The minimum atomic E-state index is -0.839. The first-order valence-corrected chi connectivity index (χ1v) is 6.40. The molecule has 5 nitrogen and oxygen atoms in total. The predicted molar refractivity (Wildman–Crippen MR) is 64.9 cm³/mol. The van der Waals surface area contributed by atoms with Gasteiger partial charge in [0.2, 0.25) is 5.91 Å². The summed E-state index contributed by atoms with van der Waals surface area (Å²) in [6, 6.07) is -0.103. The number of aliphatic carboxylic acids is 1. The summed E-state index contributed by atoms with van der Waals surface area (Å²) in [5.41, 5.74) is 2.66. The van der Waals surface area contributed by atoms with Crippen molar-refractivity contribution in [3.63, 3.8) is 0 Å². The van der Waals surface area contributed by atoms with Gasteiger partial charge in [0.25, 0.3) is 0 Å². The van der Waals surface area contributed by atoms with Gasteiger partial charge in [0, 0.05) is 24.3 Å². The predicted octanol–water partition coefficient (Wildman–Crippen LogP) is 1.45. The first kappa shape index (κ1) is 13.6. The molecule has 0 aliphatic heterocycles. The number of carboxylic acid groups (broad SMARTS) is 1. The van der Waals surface area contributed by atoms with Crippen molar-refractivity contribution < 1.29 is 14.7 Å². The molecule has 0 saturated heterocycles. The Hall–Kier alpha value is -1.43. The summed E-state index contributed by atoms with van der Waals surface area (Å²) in [6.45, 7) is 1.81. The second kappa shape index (κ2) is 7.01. The third kappa shape index (κ3) is 6.01.